The Balaban J connectivity index is 1.63. The Kier molecular flexibility index (Phi) is 3.46. The lowest BCUT2D eigenvalue weighted by Crippen LogP contribution is -2.54. The van der Waals surface area contributed by atoms with E-state index >= 15 is 0 Å². The van der Waals surface area contributed by atoms with Crippen molar-refractivity contribution >= 4 is 0 Å². The first-order valence-electron chi connectivity index (χ1n) is 9.48. The molecule has 3 heteroatoms. The zero-order valence-corrected chi connectivity index (χ0v) is 14.2. The maximum absolute atomic E-state index is 10.6. The molecule has 0 aliphatic heterocycles. The summed E-state index contributed by atoms with van der Waals surface area (Å²) in [7, 11) is 0. The first-order valence-corrected chi connectivity index (χ1v) is 9.48. The molecule has 126 valence electrons. The van der Waals surface area contributed by atoms with E-state index in [0.717, 1.165) is 37.5 Å². The Labute approximate surface area is 134 Å². The largest absolute Gasteiger partial charge is 0.393 e. The van der Waals surface area contributed by atoms with Crippen LogP contribution in [0.5, 0.6) is 0 Å². The normalized spacial score (nSPS) is 61.2. The third-order valence-corrected chi connectivity index (χ3v) is 8.68. The summed E-state index contributed by atoms with van der Waals surface area (Å²) in [6, 6.07) is -0.0209. The Bertz CT molecular complexity index is 455. The minimum absolute atomic E-state index is 0.0209. The molecular formula is C19H33NO2. The molecule has 4 rings (SSSR count). The van der Waals surface area contributed by atoms with Gasteiger partial charge in [-0.15, -0.1) is 0 Å². The molecule has 4 saturated carbocycles. The topological polar surface area (TPSA) is 66.5 Å². The summed E-state index contributed by atoms with van der Waals surface area (Å²) in [5.41, 5.74) is 6.72. The molecule has 3 nitrogen and oxygen atoms in total. The molecule has 0 unspecified atom stereocenters. The highest BCUT2D eigenvalue weighted by molar-refractivity contribution is 5.12. The van der Waals surface area contributed by atoms with Crippen molar-refractivity contribution in [3.8, 4) is 0 Å². The van der Waals surface area contributed by atoms with Crippen LogP contribution in [-0.2, 0) is 0 Å². The molecule has 0 aromatic rings. The van der Waals surface area contributed by atoms with Gasteiger partial charge in [0.25, 0.3) is 0 Å². The molecule has 0 saturated heterocycles. The van der Waals surface area contributed by atoms with Gasteiger partial charge in [-0.2, -0.15) is 0 Å². The van der Waals surface area contributed by atoms with Crippen LogP contribution in [0, 0.1) is 34.5 Å². The van der Waals surface area contributed by atoms with Gasteiger partial charge in [0, 0.05) is 6.04 Å². The molecule has 0 radical (unpaired) electrons. The van der Waals surface area contributed by atoms with Gasteiger partial charge in [0.05, 0.1) is 12.2 Å². The number of nitrogens with two attached hydrogens (primary N) is 1. The lowest BCUT2D eigenvalue weighted by Gasteiger charge is -2.60. The highest BCUT2D eigenvalue weighted by Crippen LogP contribution is 2.65. The number of aliphatic hydroxyl groups is 2. The molecule has 0 bridgehead atoms. The minimum Gasteiger partial charge on any atom is -0.393 e. The van der Waals surface area contributed by atoms with Crippen molar-refractivity contribution in [1.82, 2.24) is 0 Å². The summed E-state index contributed by atoms with van der Waals surface area (Å²) in [5, 5.41) is 20.7. The number of aliphatic hydroxyl groups excluding tert-OH is 2. The van der Waals surface area contributed by atoms with E-state index in [1.165, 1.54) is 25.7 Å². The first-order chi connectivity index (χ1) is 10.4. The van der Waals surface area contributed by atoms with E-state index in [-0.39, 0.29) is 23.7 Å². The number of hydrogen-bond donors (Lipinski definition) is 3. The van der Waals surface area contributed by atoms with Gasteiger partial charge in [0.15, 0.2) is 0 Å². The van der Waals surface area contributed by atoms with Crippen LogP contribution in [0.1, 0.15) is 65.2 Å². The number of hydrogen-bond acceptors (Lipinski definition) is 3. The van der Waals surface area contributed by atoms with E-state index in [0.29, 0.717) is 17.3 Å². The van der Waals surface area contributed by atoms with Crippen molar-refractivity contribution in [2.24, 2.45) is 40.2 Å². The van der Waals surface area contributed by atoms with E-state index in [4.69, 9.17) is 5.73 Å². The lowest BCUT2D eigenvalue weighted by molar-refractivity contribution is -0.134. The molecule has 4 aliphatic rings. The minimum atomic E-state index is -0.308. The van der Waals surface area contributed by atoms with Crippen LogP contribution in [0.2, 0.25) is 0 Å². The van der Waals surface area contributed by atoms with Gasteiger partial charge in [-0.3, -0.25) is 0 Å². The van der Waals surface area contributed by atoms with Gasteiger partial charge in [-0.05, 0) is 85.9 Å². The van der Waals surface area contributed by atoms with Gasteiger partial charge in [-0.25, -0.2) is 0 Å². The van der Waals surface area contributed by atoms with Crippen LogP contribution in [-0.4, -0.2) is 28.5 Å². The molecule has 4 aliphatic carbocycles. The van der Waals surface area contributed by atoms with Crippen molar-refractivity contribution in [3.05, 3.63) is 0 Å². The molecule has 0 heterocycles. The Hall–Kier alpha value is -0.120. The summed E-state index contributed by atoms with van der Waals surface area (Å²) < 4.78 is 0. The Morgan fingerprint density at radius 1 is 0.864 bits per heavy atom. The third-order valence-electron chi connectivity index (χ3n) is 8.68. The van der Waals surface area contributed by atoms with Crippen molar-refractivity contribution in [1.29, 1.82) is 0 Å². The van der Waals surface area contributed by atoms with E-state index in [1.807, 2.05) is 0 Å². The monoisotopic (exact) mass is 307 g/mol. The van der Waals surface area contributed by atoms with Gasteiger partial charge >= 0.3 is 0 Å². The number of rotatable bonds is 0. The SMILES string of the molecule is C[C@]12CC[C@@H](O)C[C@@H]1CC[C@H]1[C@H]2CC[C@]2(C)[C@@H](O)[C@H](N)C[C@@H]12. The Morgan fingerprint density at radius 3 is 2.36 bits per heavy atom. The molecule has 22 heavy (non-hydrogen) atoms. The van der Waals surface area contributed by atoms with Crippen molar-refractivity contribution < 1.29 is 10.2 Å². The average Bonchev–Trinajstić information content (AvgIpc) is 2.72. The second kappa shape index (κ2) is 4.94. The quantitative estimate of drug-likeness (QED) is 0.644. The average molecular weight is 307 g/mol. The molecule has 4 fully saturated rings. The van der Waals surface area contributed by atoms with Crippen molar-refractivity contribution in [2.75, 3.05) is 0 Å². The van der Waals surface area contributed by atoms with Gasteiger partial charge in [0.2, 0.25) is 0 Å². The first kappa shape index (κ1) is 15.4. The van der Waals surface area contributed by atoms with Gasteiger partial charge in [0.1, 0.15) is 0 Å². The molecule has 0 aromatic carbocycles. The molecule has 9 atom stereocenters. The maximum Gasteiger partial charge on any atom is 0.0747 e. The second-order valence-corrected chi connectivity index (χ2v) is 9.47. The molecule has 0 spiro atoms. The highest BCUT2D eigenvalue weighted by atomic mass is 16.3. The van der Waals surface area contributed by atoms with E-state index in [2.05, 4.69) is 13.8 Å². The van der Waals surface area contributed by atoms with E-state index < -0.39 is 0 Å². The second-order valence-electron chi connectivity index (χ2n) is 9.47. The fraction of sp³-hybridized carbons (Fsp3) is 1.00. The fourth-order valence-electron chi connectivity index (χ4n) is 7.31. The third kappa shape index (κ3) is 1.91. The zero-order valence-electron chi connectivity index (χ0n) is 14.2. The predicted octanol–water partition coefficient (Wildman–Crippen LogP) is 2.69. The summed E-state index contributed by atoms with van der Waals surface area (Å²) in [6.07, 6.45) is 8.79. The van der Waals surface area contributed by atoms with E-state index in [9.17, 15) is 10.2 Å². The van der Waals surface area contributed by atoms with Crippen molar-refractivity contribution in [2.45, 2.75) is 83.5 Å². The Morgan fingerprint density at radius 2 is 1.59 bits per heavy atom. The maximum atomic E-state index is 10.6. The summed E-state index contributed by atoms with van der Waals surface area (Å²) in [6.45, 7) is 4.80. The standard InChI is InChI=1S/C19H33NO2/c1-18-7-5-12(21)9-11(18)3-4-13-14(18)6-8-19(2)15(13)10-16(20)17(19)22/h11-17,21-22H,3-10,20H2,1-2H3/t11-,12+,13-,14+,15-,16+,17-,18-,19-/m0/s1. The van der Waals surface area contributed by atoms with Gasteiger partial charge < -0.3 is 15.9 Å². The van der Waals surface area contributed by atoms with Crippen LogP contribution < -0.4 is 5.73 Å². The fourth-order valence-corrected chi connectivity index (χ4v) is 7.31. The van der Waals surface area contributed by atoms with Gasteiger partial charge in [-0.1, -0.05) is 13.8 Å². The highest BCUT2D eigenvalue weighted by Gasteiger charge is 2.61. The van der Waals surface area contributed by atoms with Crippen LogP contribution in [0.4, 0.5) is 0 Å². The van der Waals surface area contributed by atoms with Crippen LogP contribution in [0.3, 0.4) is 0 Å². The summed E-state index contributed by atoms with van der Waals surface area (Å²) in [5.74, 6) is 2.86. The lowest BCUT2D eigenvalue weighted by atomic mass is 9.45. The van der Waals surface area contributed by atoms with Crippen LogP contribution in [0.25, 0.3) is 0 Å². The van der Waals surface area contributed by atoms with Crippen LogP contribution in [0.15, 0.2) is 0 Å². The number of fused-ring (bicyclic) bond motifs is 5. The predicted molar refractivity (Wildman–Crippen MR) is 87.1 cm³/mol. The van der Waals surface area contributed by atoms with Crippen LogP contribution >= 0.6 is 0 Å². The summed E-state index contributed by atoms with van der Waals surface area (Å²) in [4.78, 5) is 0. The van der Waals surface area contributed by atoms with E-state index in [1.54, 1.807) is 0 Å². The molecule has 0 aromatic heterocycles. The molecule has 4 N–H and O–H groups in total. The smallest absolute Gasteiger partial charge is 0.0747 e. The molecular weight excluding hydrogens is 274 g/mol. The zero-order chi connectivity index (χ0) is 15.7. The molecule has 0 amide bonds. The van der Waals surface area contributed by atoms with Crippen molar-refractivity contribution in [3.63, 3.8) is 0 Å². The summed E-state index contributed by atoms with van der Waals surface area (Å²) >= 11 is 0.